The zero-order valence-electron chi connectivity index (χ0n) is 13.8. The Morgan fingerprint density at radius 1 is 1.48 bits per heavy atom. The third kappa shape index (κ3) is 4.94. The summed E-state index contributed by atoms with van der Waals surface area (Å²) in [6, 6.07) is 1.12. The van der Waals surface area contributed by atoms with Gasteiger partial charge < -0.3 is 20.2 Å². The van der Waals surface area contributed by atoms with Crippen molar-refractivity contribution in [1.82, 2.24) is 9.62 Å². The Hall–Kier alpha value is -1.62. The van der Waals surface area contributed by atoms with Gasteiger partial charge in [-0.15, -0.1) is 12.4 Å². The average Bonchev–Trinajstić information content (AvgIpc) is 3.10. The maximum absolute atomic E-state index is 12.6. The second-order valence-electron chi connectivity index (χ2n) is 5.43. The first-order valence-electron chi connectivity index (χ1n) is 7.55. The minimum absolute atomic E-state index is 0. The van der Waals surface area contributed by atoms with Gasteiger partial charge in [0.1, 0.15) is 6.26 Å². The molecule has 0 spiro atoms. The number of hydrogen-bond acceptors (Lipinski definition) is 7. The van der Waals surface area contributed by atoms with Crippen LogP contribution < -0.4 is 11.1 Å². The number of piperidine rings is 1. The molecule has 0 saturated carbocycles. The van der Waals surface area contributed by atoms with Gasteiger partial charge in [-0.2, -0.15) is 4.31 Å². The van der Waals surface area contributed by atoms with Crippen LogP contribution >= 0.6 is 12.4 Å². The number of nitrogens with one attached hydrogen (secondary N) is 1. The lowest BCUT2D eigenvalue weighted by atomic mass is 9.99. The number of halogens is 1. The van der Waals surface area contributed by atoms with Gasteiger partial charge in [0.25, 0.3) is 10.0 Å². The molecule has 1 aliphatic heterocycles. The summed E-state index contributed by atoms with van der Waals surface area (Å²) in [6.07, 6.45) is 2.20. The molecule has 0 aliphatic carbocycles. The minimum Gasteiger partial charge on any atom is -0.465 e. The van der Waals surface area contributed by atoms with Crippen molar-refractivity contribution in [2.24, 2.45) is 11.7 Å². The van der Waals surface area contributed by atoms with Crippen molar-refractivity contribution in [2.45, 2.75) is 17.9 Å². The van der Waals surface area contributed by atoms with E-state index in [1.807, 2.05) is 0 Å². The summed E-state index contributed by atoms with van der Waals surface area (Å²) in [5.74, 6) is -1.33. The fourth-order valence-corrected chi connectivity index (χ4v) is 3.96. The molecule has 9 nitrogen and oxygen atoms in total. The van der Waals surface area contributed by atoms with E-state index < -0.39 is 21.9 Å². The lowest BCUT2D eigenvalue weighted by molar-refractivity contribution is -0.126. The summed E-state index contributed by atoms with van der Waals surface area (Å²) < 4.78 is 36.0. The van der Waals surface area contributed by atoms with Crippen LogP contribution in [0.3, 0.4) is 0 Å². The summed E-state index contributed by atoms with van der Waals surface area (Å²) in [4.78, 5) is 23.4. The normalized spacial score (nSPS) is 18.2. The van der Waals surface area contributed by atoms with E-state index in [9.17, 15) is 18.0 Å². The molecule has 1 unspecified atom stereocenters. The molecule has 25 heavy (non-hydrogen) atoms. The van der Waals surface area contributed by atoms with Crippen LogP contribution in [0.2, 0.25) is 0 Å². The van der Waals surface area contributed by atoms with Gasteiger partial charge >= 0.3 is 5.97 Å². The van der Waals surface area contributed by atoms with Crippen LogP contribution in [0.25, 0.3) is 0 Å². The zero-order valence-corrected chi connectivity index (χ0v) is 15.4. The number of nitrogens with zero attached hydrogens (tertiary/aromatic N) is 1. The summed E-state index contributed by atoms with van der Waals surface area (Å²) >= 11 is 0. The van der Waals surface area contributed by atoms with Crippen molar-refractivity contribution >= 4 is 34.3 Å². The highest BCUT2D eigenvalue weighted by Crippen LogP contribution is 2.25. The zero-order chi connectivity index (χ0) is 17.7. The van der Waals surface area contributed by atoms with Crippen molar-refractivity contribution in [3.8, 4) is 0 Å². The molecule has 1 fully saturated rings. The predicted molar refractivity (Wildman–Crippen MR) is 90.8 cm³/mol. The molecule has 1 aromatic heterocycles. The molecular formula is C14H22ClN3O6S. The Morgan fingerprint density at radius 2 is 2.20 bits per heavy atom. The van der Waals surface area contributed by atoms with E-state index in [4.69, 9.17) is 10.2 Å². The quantitative estimate of drug-likeness (QED) is 0.646. The van der Waals surface area contributed by atoms with E-state index in [-0.39, 0.29) is 42.1 Å². The fourth-order valence-electron chi connectivity index (χ4n) is 2.52. The van der Waals surface area contributed by atoms with E-state index in [0.717, 1.165) is 12.3 Å². The predicted octanol–water partition coefficient (Wildman–Crippen LogP) is -0.0364. The van der Waals surface area contributed by atoms with Crippen LogP contribution in [0.15, 0.2) is 21.8 Å². The molecule has 1 aliphatic rings. The van der Waals surface area contributed by atoms with Gasteiger partial charge in [0.05, 0.1) is 18.6 Å². The first-order valence-corrected chi connectivity index (χ1v) is 8.99. The highest BCUT2D eigenvalue weighted by molar-refractivity contribution is 7.89. The Bertz CT molecular complexity index is 705. The van der Waals surface area contributed by atoms with Crippen molar-refractivity contribution in [1.29, 1.82) is 0 Å². The lowest BCUT2D eigenvalue weighted by Gasteiger charge is -2.30. The number of carbonyl (C=O) groups excluding carboxylic acids is 2. The molecule has 3 N–H and O–H groups in total. The van der Waals surface area contributed by atoms with E-state index in [1.165, 1.54) is 11.4 Å². The van der Waals surface area contributed by atoms with Crippen molar-refractivity contribution in [2.75, 3.05) is 33.3 Å². The summed E-state index contributed by atoms with van der Waals surface area (Å²) in [7, 11) is -2.72. The average molecular weight is 396 g/mol. The van der Waals surface area contributed by atoms with Gasteiger partial charge in [0.2, 0.25) is 11.0 Å². The van der Waals surface area contributed by atoms with Gasteiger partial charge in [0.15, 0.2) is 0 Å². The molecule has 0 bridgehead atoms. The van der Waals surface area contributed by atoms with Crippen molar-refractivity contribution < 1.29 is 27.2 Å². The Labute approximate surface area is 152 Å². The first-order chi connectivity index (χ1) is 11.4. The molecule has 1 amide bonds. The number of amides is 1. The summed E-state index contributed by atoms with van der Waals surface area (Å²) in [5, 5.41) is 2.33. The van der Waals surface area contributed by atoms with E-state index in [0.29, 0.717) is 25.9 Å². The molecule has 0 radical (unpaired) electrons. The van der Waals surface area contributed by atoms with Crippen LogP contribution in [-0.2, 0) is 19.6 Å². The second kappa shape index (κ2) is 9.18. The van der Waals surface area contributed by atoms with Crippen LogP contribution in [0.4, 0.5) is 0 Å². The number of sulfonamides is 1. The Kier molecular flexibility index (Phi) is 7.87. The monoisotopic (exact) mass is 395 g/mol. The minimum atomic E-state index is -3.92. The maximum atomic E-state index is 12.6. The topological polar surface area (TPSA) is 132 Å². The van der Waals surface area contributed by atoms with E-state index >= 15 is 0 Å². The second-order valence-corrected chi connectivity index (χ2v) is 7.30. The van der Waals surface area contributed by atoms with Gasteiger partial charge in [-0.1, -0.05) is 0 Å². The van der Waals surface area contributed by atoms with Gasteiger partial charge in [-0.3, -0.25) is 4.79 Å². The number of esters is 1. The number of rotatable bonds is 6. The van der Waals surface area contributed by atoms with E-state index in [1.54, 1.807) is 0 Å². The number of carbonyl (C=O) groups is 2. The van der Waals surface area contributed by atoms with Crippen molar-refractivity contribution in [3.05, 3.63) is 17.9 Å². The Morgan fingerprint density at radius 3 is 2.84 bits per heavy atom. The molecular weight excluding hydrogens is 374 g/mol. The molecule has 11 heteroatoms. The number of nitrogens with two attached hydrogens (primary N) is 1. The van der Waals surface area contributed by atoms with Gasteiger partial charge in [0, 0.05) is 32.2 Å². The van der Waals surface area contributed by atoms with Gasteiger partial charge in [-0.25, -0.2) is 13.2 Å². The fraction of sp³-hybridized carbons (Fsp3) is 0.571. The molecule has 1 saturated heterocycles. The third-order valence-electron chi connectivity index (χ3n) is 3.79. The number of furan rings is 1. The van der Waals surface area contributed by atoms with Gasteiger partial charge in [-0.05, 0) is 12.8 Å². The smallest absolute Gasteiger partial charge is 0.341 e. The molecule has 142 valence electrons. The van der Waals surface area contributed by atoms with Crippen LogP contribution in [0.1, 0.15) is 23.2 Å². The Balaban J connectivity index is 0.00000312. The maximum Gasteiger partial charge on any atom is 0.341 e. The van der Waals surface area contributed by atoms with Crippen LogP contribution in [-0.4, -0.2) is 57.9 Å². The molecule has 2 rings (SSSR count). The van der Waals surface area contributed by atoms with Crippen LogP contribution in [0, 0.1) is 5.92 Å². The standard InChI is InChI=1S/C14H21N3O6S.ClH/c1-22-14(19)11-7-12(23-9-11)24(20,21)17-6-2-3-10(8-17)13(18)16-5-4-15;/h7,9-10H,2-6,8,15H2,1H3,(H,16,18);1H. The van der Waals surface area contributed by atoms with E-state index in [2.05, 4.69) is 10.1 Å². The number of ether oxygens (including phenoxy) is 1. The van der Waals surface area contributed by atoms with Crippen LogP contribution in [0.5, 0.6) is 0 Å². The summed E-state index contributed by atoms with van der Waals surface area (Å²) in [5.41, 5.74) is 5.36. The van der Waals surface area contributed by atoms with Crippen molar-refractivity contribution in [3.63, 3.8) is 0 Å². The first kappa shape index (κ1) is 21.4. The molecule has 2 heterocycles. The SMILES string of the molecule is COC(=O)c1coc(S(=O)(=O)N2CCCC(C(=O)NCCN)C2)c1.Cl. The molecule has 0 aromatic carbocycles. The molecule has 1 atom stereocenters. The third-order valence-corrected chi connectivity index (χ3v) is 5.52. The highest BCUT2D eigenvalue weighted by Gasteiger charge is 2.35. The summed E-state index contributed by atoms with van der Waals surface area (Å²) in [6.45, 7) is 1.02. The lowest BCUT2D eigenvalue weighted by Crippen LogP contribution is -2.46. The highest BCUT2D eigenvalue weighted by atomic mass is 35.5. The largest absolute Gasteiger partial charge is 0.465 e. The molecule has 1 aromatic rings. The number of methoxy groups -OCH3 is 1. The number of hydrogen-bond donors (Lipinski definition) is 2.